The SMILES string of the molecule is O=C(Nc1cccc2cccnc12)c1nc(Cl)ccc1Cl. The number of anilines is 1. The smallest absolute Gasteiger partial charge is 0.275 e. The summed E-state index contributed by atoms with van der Waals surface area (Å²) in [6, 6.07) is 12.3. The number of amides is 1. The number of hydrogen-bond donors (Lipinski definition) is 1. The van der Waals surface area contributed by atoms with Gasteiger partial charge in [0.05, 0.1) is 16.2 Å². The summed E-state index contributed by atoms with van der Waals surface area (Å²) in [5.41, 5.74) is 1.37. The van der Waals surface area contributed by atoms with Crippen molar-refractivity contribution in [1.82, 2.24) is 9.97 Å². The van der Waals surface area contributed by atoms with Crippen LogP contribution in [0.25, 0.3) is 10.9 Å². The first-order valence-corrected chi connectivity index (χ1v) is 6.88. The van der Waals surface area contributed by atoms with Gasteiger partial charge in [-0.1, -0.05) is 41.4 Å². The molecule has 1 amide bonds. The van der Waals surface area contributed by atoms with E-state index in [4.69, 9.17) is 23.2 Å². The second-order valence-corrected chi connectivity index (χ2v) is 5.09. The van der Waals surface area contributed by atoms with Crippen molar-refractivity contribution in [2.45, 2.75) is 0 Å². The van der Waals surface area contributed by atoms with Crippen LogP contribution in [0.1, 0.15) is 10.5 Å². The molecular weight excluding hydrogens is 309 g/mol. The Kier molecular flexibility index (Phi) is 3.73. The van der Waals surface area contributed by atoms with E-state index in [9.17, 15) is 4.79 Å². The monoisotopic (exact) mass is 317 g/mol. The van der Waals surface area contributed by atoms with E-state index in [0.29, 0.717) is 11.2 Å². The van der Waals surface area contributed by atoms with Gasteiger partial charge in [-0.05, 0) is 24.3 Å². The summed E-state index contributed by atoms with van der Waals surface area (Å²) in [7, 11) is 0. The molecule has 0 radical (unpaired) electrons. The summed E-state index contributed by atoms with van der Waals surface area (Å²) in [5, 5.41) is 4.14. The molecule has 6 heteroatoms. The fourth-order valence-corrected chi connectivity index (χ4v) is 2.30. The van der Waals surface area contributed by atoms with Crippen molar-refractivity contribution in [1.29, 1.82) is 0 Å². The number of pyridine rings is 2. The zero-order chi connectivity index (χ0) is 14.8. The minimum atomic E-state index is -0.430. The lowest BCUT2D eigenvalue weighted by Gasteiger charge is -2.08. The average molecular weight is 318 g/mol. The van der Waals surface area contributed by atoms with Crippen LogP contribution in [0.15, 0.2) is 48.7 Å². The number of benzene rings is 1. The van der Waals surface area contributed by atoms with Crippen molar-refractivity contribution in [3.63, 3.8) is 0 Å². The molecule has 2 heterocycles. The van der Waals surface area contributed by atoms with E-state index < -0.39 is 5.91 Å². The molecule has 0 saturated carbocycles. The maximum atomic E-state index is 12.3. The molecule has 3 aromatic rings. The number of nitrogens with zero attached hydrogens (tertiary/aromatic N) is 2. The average Bonchev–Trinajstić information content (AvgIpc) is 2.50. The first-order chi connectivity index (χ1) is 10.1. The Hall–Kier alpha value is -2.17. The lowest BCUT2D eigenvalue weighted by molar-refractivity contribution is 0.102. The van der Waals surface area contributed by atoms with Gasteiger partial charge in [-0.3, -0.25) is 9.78 Å². The van der Waals surface area contributed by atoms with Crippen molar-refractivity contribution in [3.05, 3.63) is 64.5 Å². The summed E-state index contributed by atoms with van der Waals surface area (Å²) in [4.78, 5) is 20.5. The topological polar surface area (TPSA) is 54.9 Å². The maximum absolute atomic E-state index is 12.3. The van der Waals surface area contributed by atoms with Gasteiger partial charge >= 0.3 is 0 Å². The molecule has 1 N–H and O–H groups in total. The zero-order valence-corrected chi connectivity index (χ0v) is 12.2. The number of rotatable bonds is 2. The molecule has 0 aliphatic carbocycles. The number of halogens is 2. The number of aromatic nitrogens is 2. The Morgan fingerprint density at radius 3 is 2.71 bits per heavy atom. The normalized spacial score (nSPS) is 10.6. The van der Waals surface area contributed by atoms with E-state index >= 15 is 0 Å². The lowest BCUT2D eigenvalue weighted by Crippen LogP contribution is -2.14. The fraction of sp³-hybridized carbons (Fsp3) is 0. The third kappa shape index (κ3) is 2.82. The fourth-order valence-electron chi connectivity index (χ4n) is 1.96. The Labute approximate surface area is 130 Å². The van der Waals surface area contributed by atoms with Gasteiger partial charge in [0, 0.05) is 11.6 Å². The van der Waals surface area contributed by atoms with Gasteiger partial charge in [0.15, 0.2) is 0 Å². The first kappa shape index (κ1) is 13.8. The van der Waals surface area contributed by atoms with E-state index in [-0.39, 0.29) is 15.9 Å². The third-order valence-corrected chi connectivity index (χ3v) is 3.42. The van der Waals surface area contributed by atoms with Crippen molar-refractivity contribution >= 4 is 45.7 Å². The number of fused-ring (bicyclic) bond motifs is 1. The van der Waals surface area contributed by atoms with Crippen LogP contribution in [0.5, 0.6) is 0 Å². The predicted molar refractivity (Wildman–Crippen MR) is 84.0 cm³/mol. The summed E-state index contributed by atoms with van der Waals surface area (Å²) >= 11 is 11.8. The molecule has 0 bridgehead atoms. The summed E-state index contributed by atoms with van der Waals surface area (Å²) in [6.07, 6.45) is 1.67. The van der Waals surface area contributed by atoms with Crippen molar-refractivity contribution < 1.29 is 4.79 Å². The van der Waals surface area contributed by atoms with E-state index in [0.717, 1.165) is 5.39 Å². The van der Waals surface area contributed by atoms with Crippen molar-refractivity contribution in [2.75, 3.05) is 5.32 Å². The number of carbonyl (C=O) groups excluding carboxylic acids is 1. The minimum Gasteiger partial charge on any atom is -0.319 e. The molecule has 4 nitrogen and oxygen atoms in total. The van der Waals surface area contributed by atoms with E-state index in [2.05, 4.69) is 15.3 Å². The molecule has 1 aromatic carbocycles. The van der Waals surface area contributed by atoms with Gasteiger partial charge in [0.2, 0.25) is 0 Å². The van der Waals surface area contributed by atoms with Crippen LogP contribution in [0.4, 0.5) is 5.69 Å². The highest BCUT2D eigenvalue weighted by atomic mass is 35.5. The van der Waals surface area contributed by atoms with Crippen LogP contribution in [0, 0.1) is 0 Å². The number of nitrogens with one attached hydrogen (secondary N) is 1. The van der Waals surface area contributed by atoms with Crippen molar-refractivity contribution in [2.24, 2.45) is 0 Å². The highest BCUT2D eigenvalue weighted by Gasteiger charge is 2.14. The van der Waals surface area contributed by atoms with Crippen LogP contribution >= 0.6 is 23.2 Å². The zero-order valence-electron chi connectivity index (χ0n) is 10.7. The highest BCUT2D eigenvalue weighted by Crippen LogP contribution is 2.23. The Balaban J connectivity index is 1.99. The maximum Gasteiger partial charge on any atom is 0.275 e. The van der Waals surface area contributed by atoms with E-state index in [1.54, 1.807) is 12.3 Å². The second-order valence-electron chi connectivity index (χ2n) is 4.30. The quantitative estimate of drug-likeness (QED) is 0.721. The molecule has 21 heavy (non-hydrogen) atoms. The van der Waals surface area contributed by atoms with E-state index in [1.165, 1.54) is 12.1 Å². The van der Waals surface area contributed by atoms with Gasteiger partial charge in [0.1, 0.15) is 10.8 Å². The minimum absolute atomic E-state index is 0.0806. The molecule has 3 rings (SSSR count). The summed E-state index contributed by atoms with van der Waals surface area (Å²) in [5.74, 6) is -0.430. The molecule has 0 spiro atoms. The second kappa shape index (κ2) is 5.68. The molecular formula is C15H9Cl2N3O. The lowest BCUT2D eigenvalue weighted by atomic mass is 10.2. The highest BCUT2D eigenvalue weighted by molar-refractivity contribution is 6.35. The molecule has 0 aliphatic heterocycles. The molecule has 0 unspecified atom stereocenters. The largest absolute Gasteiger partial charge is 0.319 e. The Bertz CT molecular complexity index is 831. The summed E-state index contributed by atoms with van der Waals surface area (Å²) < 4.78 is 0. The molecule has 0 saturated heterocycles. The van der Waals surface area contributed by atoms with Crippen LogP contribution in [-0.2, 0) is 0 Å². The Morgan fingerprint density at radius 2 is 1.86 bits per heavy atom. The molecule has 0 atom stereocenters. The summed E-state index contributed by atoms with van der Waals surface area (Å²) in [6.45, 7) is 0. The first-order valence-electron chi connectivity index (χ1n) is 6.12. The van der Waals surface area contributed by atoms with Gasteiger partial charge < -0.3 is 5.32 Å². The molecule has 0 aliphatic rings. The van der Waals surface area contributed by atoms with Crippen molar-refractivity contribution in [3.8, 4) is 0 Å². The molecule has 0 fully saturated rings. The molecule has 104 valence electrons. The standard InChI is InChI=1S/C15H9Cl2N3O/c16-10-6-7-12(17)20-14(10)15(21)19-11-5-1-3-9-4-2-8-18-13(9)11/h1-8H,(H,19,21). The van der Waals surface area contributed by atoms with Crippen LogP contribution in [0.3, 0.4) is 0 Å². The van der Waals surface area contributed by atoms with Crippen LogP contribution in [0.2, 0.25) is 10.2 Å². The van der Waals surface area contributed by atoms with Gasteiger partial charge in [0.25, 0.3) is 5.91 Å². The molecule has 2 aromatic heterocycles. The van der Waals surface area contributed by atoms with Gasteiger partial charge in [-0.25, -0.2) is 4.98 Å². The van der Waals surface area contributed by atoms with E-state index in [1.807, 2.05) is 24.3 Å². The van der Waals surface area contributed by atoms with Crippen LogP contribution in [-0.4, -0.2) is 15.9 Å². The number of hydrogen-bond acceptors (Lipinski definition) is 3. The van der Waals surface area contributed by atoms with Gasteiger partial charge in [-0.15, -0.1) is 0 Å². The number of para-hydroxylation sites is 1. The Morgan fingerprint density at radius 1 is 1.05 bits per heavy atom. The number of carbonyl (C=O) groups is 1. The predicted octanol–water partition coefficient (Wildman–Crippen LogP) is 4.19. The van der Waals surface area contributed by atoms with Gasteiger partial charge in [-0.2, -0.15) is 0 Å². The third-order valence-electron chi connectivity index (χ3n) is 2.91. The van der Waals surface area contributed by atoms with Crippen LogP contribution < -0.4 is 5.32 Å².